The van der Waals surface area contributed by atoms with Gasteiger partial charge in [0, 0.05) is 17.8 Å². The summed E-state index contributed by atoms with van der Waals surface area (Å²) in [5.41, 5.74) is -1.98. The number of fused-ring (bicyclic) bond motifs is 3. The molecule has 0 amide bonds. The molecule has 5 rings (SSSR count). The normalized spacial score (nSPS) is 35.9. The number of aliphatic carboxylic acids is 2. The Hall–Kier alpha value is -3.08. The lowest BCUT2D eigenvalue weighted by molar-refractivity contribution is -0.222. The highest BCUT2D eigenvalue weighted by Gasteiger charge is 2.71. The first kappa shape index (κ1) is 46.0. The second kappa shape index (κ2) is 19.5. The summed E-state index contributed by atoms with van der Waals surface area (Å²) in [5, 5.41) is 19.5. The Morgan fingerprint density at radius 1 is 0.914 bits per heavy atom. The molecule has 5 aliphatic rings. The number of cyclic esters (lactones) is 4. The van der Waals surface area contributed by atoms with Gasteiger partial charge < -0.3 is 24.4 Å². The molecule has 326 valence electrons. The van der Waals surface area contributed by atoms with Crippen LogP contribution in [-0.2, 0) is 43.0 Å². The third-order valence-electron chi connectivity index (χ3n) is 15.7. The zero-order valence-corrected chi connectivity index (χ0v) is 36.1. The first-order valence-electron chi connectivity index (χ1n) is 22.7. The van der Waals surface area contributed by atoms with Crippen molar-refractivity contribution in [3.63, 3.8) is 0 Å². The zero-order valence-electron chi connectivity index (χ0n) is 36.1. The fraction of sp³-hybridized carbons (Fsp3) is 0.830. The number of carbonyl (C=O) groups is 6. The largest absolute Gasteiger partial charge is 0.481 e. The van der Waals surface area contributed by atoms with Gasteiger partial charge in [-0.25, -0.2) is 0 Å². The zero-order chi connectivity index (χ0) is 42.4. The molecular formula is C47H72O11. The number of hydrogen-bond donors (Lipinski definition) is 2. The maximum atomic E-state index is 14.0. The van der Waals surface area contributed by atoms with Crippen molar-refractivity contribution in [1.29, 1.82) is 0 Å². The van der Waals surface area contributed by atoms with Gasteiger partial charge in [0.05, 0.1) is 42.3 Å². The lowest BCUT2D eigenvalue weighted by Crippen LogP contribution is -2.64. The van der Waals surface area contributed by atoms with Crippen molar-refractivity contribution in [2.75, 3.05) is 6.61 Å². The van der Waals surface area contributed by atoms with Crippen molar-refractivity contribution >= 4 is 35.8 Å². The van der Waals surface area contributed by atoms with Crippen LogP contribution >= 0.6 is 0 Å². The molecule has 58 heavy (non-hydrogen) atoms. The molecule has 0 aromatic rings. The van der Waals surface area contributed by atoms with Crippen LogP contribution in [0, 0.1) is 69.5 Å². The fourth-order valence-corrected chi connectivity index (χ4v) is 13.0. The molecule has 1 spiro atoms. The third kappa shape index (κ3) is 9.76. The van der Waals surface area contributed by atoms with Gasteiger partial charge in [0.1, 0.15) is 0 Å². The van der Waals surface area contributed by atoms with E-state index in [0.717, 1.165) is 70.6 Å². The number of carboxylic acids is 2. The quantitative estimate of drug-likeness (QED) is 0.0490. The van der Waals surface area contributed by atoms with Crippen molar-refractivity contribution in [3.8, 4) is 0 Å². The summed E-state index contributed by atoms with van der Waals surface area (Å²) in [6.45, 7) is 13.0. The smallest absolute Gasteiger partial charge is 0.318 e. The number of unbranched alkanes of at least 4 members (excludes halogenated alkanes) is 7. The maximum Gasteiger partial charge on any atom is 0.318 e. The molecule has 0 aromatic heterocycles. The number of esters is 4. The maximum absolute atomic E-state index is 14.0. The molecule has 3 aliphatic carbocycles. The Morgan fingerprint density at radius 3 is 2.29 bits per heavy atom. The Kier molecular flexibility index (Phi) is 15.5. The molecule has 0 bridgehead atoms. The minimum Gasteiger partial charge on any atom is -0.481 e. The number of hydrogen-bond acceptors (Lipinski definition) is 9. The average molecular weight is 813 g/mol. The second-order valence-corrected chi connectivity index (χ2v) is 19.9. The van der Waals surface area contributed by atoms with Crippen LogP contribution in [0.3, 0.4) is 0 Å². The molecule has 2 heterocycles. The first-order valence-corrected chi connectivity index (χ1v) is 22.7. The number of carboxylic acid groups (broad SMARTS) is 2. The molecule has 0 radical (unpaired) electrons. The van der Waals surface area contributed by atoms with Gasteiger partial charge in [0.25, 0.3) is 0 Å². The molecule has 11 nitrogen and oxygen atoms in total. The third-order valence-corrected chi connectivity index (χ3v) is 15.7. The molecule has 3 saturated carbocycles. The Bertz CT molecular complexity index is 1540. The minimum atomic E-state index is -0.875. The number of allylic oxidation sites excluding steroid dienone is 1. The molecule has 2 saturated heterocycles. The highest BCUT2D eigenvalue weighted by Crippen LogP contribution is 2.69. The minimum absolute atomic E-state index is 0.0583. The van der Waals surface area contributed by atoms with Crippen molar-refractivity contribution in [2.24, 2.45) is 69.5 Å². The highest BCUT2D eigenvalue weighted by molar-refractivity contribution is 5.97. The van der Waals surface area contributed by atoms with Gasteiger partial charge in [-0.3, -0.25) is 28.8 Å². The van der Waals surface area contributed by atoms with E-state index in [2.05, 4.69) is 46.8 Å². The molecule has 0 aromatic carbocycles. The van der Waals surface area contributed by atoms with Crippen LogP contribution in [0.15, 0.2) is 12.2 Å². The van der Waals surface area contributed by atoms with Crippen molar-refractivity contribution < 1.29 is 53.2 Å². The van der Waals surface area contributed by atoms with E-state index in [-0.39, 0.29) is 53.8 Å². The molecule has 2 aliphatic heterocycles. The summed E-state index contributed by atoms with van der Waals surface area (Å²) in [5.74, 6) is -5.66. The van der Waals surface area contributed by atoms with Gasteiger partial charge in [-0.15, -0.1) is 0 Å². The summed E-state index contributed by atoms with van der Waals surface area (Å²) in [7, 11) is 0. The molecule has 2 N–H and O–H groups in total. The fourth-order valence-electron chi connectivity index (χ4n) is 13.0. The number of carbonyl (C=O) groups excluding carboxylic acids is 4. The van der Waals surface area contributed by atoms with Gasteiger partial charge in [-0.1, -0.05) is 91.7 Å². The van der Waals surface area contributed by atoms with Gasteiger partial charge in [-0.05, 0) is 106 Å². The highest BCUT2D eigenvalue weighted by atomic mass is 16.6. The average Bonchev–Trinajstić information content (AvgIpc) is 3.65. The van der Waals surface area contributed by atoms with E-state index in [1.807, 2.05) is 6.92 Å². The lowest BCUT2D eigenvalue weighted by Gasteiger charge is -2.64. The number of ether oxygens (including phenoxy) is 3. The number of rotatable bonds is 21. The van der Waals surface area contributed by atoms with Crippen molar-refractivity contribution in [2.45, 2.75) is 170 Å². The lowest BCUT2D eigenvalue weighted by atomic mass is 9.40. The van der Waals surface area contributed by atoms with E-state index < -0.39 is 70.5 Å². The Balaban J connectivity index is 1.46. The molecule has 11 heteroatoms. The first-order chi connectivity index (χ1) is 27.5. The Morgan fingerprint density at radius 2 is 1.64 bits per heavy atom. The second-order valence-electron chi connectivity index (χ2n) is 19.9. The summed E-state index contributed by atoms with van der Waals surface area (Å²) >= 11 is 0. The van der Waals surface area contributed by atoms with Crippen LogP contribution in [0.1, 0.15) is 164 Å². The predicted octanol–water partition coefficient (Wildman–Crippen LogP) is 9.34. The van der Waals surface area contributed by atoms with Crippen LogP contribution in [-0.4, -0.2) is 58.7 Å². The van der Waals surface area contributed by atoms with Crippen LogP contribution in [0.25, 0.3) is 0 Å². The van der Waals surface area contributed by atoms with Gasteiger partial charge in [-0.2, -0.15) is 0 Å². The predicted molar refractivity (Wildman–Crippen MR) is 217 cm³/mol. The van der Waals surface area contributed by atoms with E-state index >= 15 is 0 Å². The van der Waals surface area contributed by atoms with E-state index in [1.165, 1.54) is 0 Å². The van der Waals surface area contributed by atoms with Crippen molar-refractivity contribution in [3.05, 3.63) is 12.2 Å². The van der Waals surface area contributed by atoms with Crippen LogP contribution in [0.4, 0.5) is 0 Å². The van der Waals surface area contributed by atoms with E-state index in [4.69, 9.17) is 19.3 Å². The van der Waals surface area contributed by atoms with Crippen molar-refractivity contribution in [1.82, 2.24) is 0 Å². The SMILES string of the molecule is CCCCC/C=C/C(COC1C(C(C)C)C(C)C2C(=O)OC(=O)C2C12CCC1C(C)(CCCC1(C)C(=O)O)C2)CC(CCCCCCCC(=O)O)C1CC(=O)OC1=O. The Labute approximate surface area is 346 Å². The molecule has 12 unspecified atom stereocenters. The topological polar surface area (TPSA) is 171 Å². The van der Waals surface area contributed by atoms with Gasteiger partial charge in [0.2, 0.25) is 0 Å². The van der Waals surface area contributed by atoms with Gasteiger partial charge >= 0.3 is 35.8 Å². The van der Waals surface area contributed by atoms with Crippen LogP contribution in [0.5, 0.6) is 0 Å². The van der Waals surface area contributed by atoms with Crippen LogP contribution < -0.4 is 0 Å². The van der Waals surface area contributed by atoms with Crippen LogP contribution in [0.2, 0.25) is 0 Å². The summed E-state index contributed by atoms with van der Waals surface area (Å²) in [6.07, 6.45) is 17.9. The summed E-state index contributed by atoms with van der Waals surface area (Å²) in [4.78, 5) is 76.8. The molecule has 5 fully saturated rings. The molecule has 12 atom stereocenters. The molecular weight excluding hydrogens is 741 g/mol. The van der Waals surface area contributed by atoms with E-state index in [1.54, 1.807) is 0 Å². The standard InChI is InChI=1S/C47H72O11/c1-7-8-9-11-14-18-31(25-32(33-26-36(50)57-41(33)51)19-15-12-10-13-16-20-35(48)49)27-56-40-37(29(2)3)30(4)38-39(43(53)58-42(38)52)47(40)24-21-34-45(5,28-47)22-17-23-46(34,6)44(54)55/h14,18,29-34,37-40H,7-13,15-17,19-28H2,1-6H3,(H,48,49)(H,54,55)/b18-14+. The van der Waals surface area contributed by atoms with E-state index in [9.17, 15) is 33.9 Å². The summed E-state index contributed by atoms with van der Waals surface area (Å²) < 4.78 is 17.9. The summed E-state index contributed by atoms with van der Waals surface area (Å²) in [6, 6.07) is 0. The van der Waals surface area contributed by atoms with E-state index in [0.29, 0.717) is 45.1 Å². The van der Waals surface area contributed by atoms with Gasteiger partial charge in [0.15, 0.2) is 0 Å². The monoisotopic (exact) mass is 813 g/mol.